The average molecular weight is 612 g/mol. The fraction of sp³-hybridized carbons (Fsp3) is 0.0682. The van der Waals surface area contributed by atoms with E-state index in [1.165, 1.54) is 28.1 Å². The summed E-state index contributed by atoms with van der Waals surface area (Å²) in [6, 6.07) is 29.7. The second-order valence-electron chi connectivity index (χ2n) is 11.4. The summed E-state index contributed by atoms with van der Waals surface area (Å²) in [7, 11) is 0. The number of aromatic nitrogens is 1. The summed E-state index contributed by atoms with van der Waals surface area (Å²) in [5, 5.41) is 10.8. The molecule has 0 aliphatic carbocycles. The predicted octanol–water partition coefficient (Wildman–Crippen LogP) is 11.3. The molecule has 0 amide bonds. The minimum atomic E-state index is 0.442. The molecule has 0 bridgehead atoms. The molecule has 4 aromatic carbocycles. The van der Waals surface area contributed by atoms with Gasteiger partial charge in [-0.15, -0.1) is 0 Å². The van der Waals surface area contributed by atoms with Gasteiger partial charge in [-0.3, -0.25) is 0 Å². The van der Waals surface area contributed by atoms with Crippen LogP contribution in [0.4, 0.5) is 0 Å². The van der Waals surface area contributed by atoms with E-state index in [0.29, 0.717) is 5.71 Å². The lowest BCUT2D eigenvalue weighted by molar-refractivity contribution is 1.07. The lowest BCUT2D eigenvalue weighted by Crippen LogP contribution is -2.02. The average Bonchev–Trinajstić information content (AvgIpc) is 3.35. The summed E-state index contributed by atoms with van der Waals surface area (Å²) < 4.78 is 2.40. The molecule has 0 atom stereocenters. The lowest BCUT2D eigenvalue weighted by atomic mass is 9.94. The van der Waals surface area contributed by atoms with E-state index < -0.39 is 0 Å². The number of nitrogens with one attached hydrogen (secondary N) is 1. The van der Waals surface area contributed by atoms with Crippen LogP contribution in [0.2, 0.25) is 0 Å². The molecule has 5 aromatic rings. The molecule has 0 saturated heterocycles. The van der Waals surface area contributed by atoms with Crippen LogP contribution < -0.4 is 5.73 Å². The standard InChI is InChI=1S/C44H41N3/c1-6-9-23-41(46)38-21-15-20-36(30-38)37-25-26-40(34(8-3)29-37)44-32(5)31(4)43(28-33(7-2)17-11-10-14-27-45)47(44)42-24-16-19-35-18-12-13-22-39(35)42/h6-16,18-30,46H,1-3,17,45H2,4-5H3/b11-10-,23-9-,27-14-,33-28+,46-41?. The summed E-state index contributed by atoms with van der Waals surface area (Å²) in [5.41, 5.74) is 17.9. The van der Waals surface area contributed by atoms with Crippen molar-refractivity contribution in [2.24, 2.45) is 5.73 Å². The Morgan fingerprint density at radius 1 is 0.830 bits per heavy atom. The van der Waals surface area contributed by atoms with E-state index in [0.717, 1.165) is 56.9 Å². The first-order valence-electron chi connectivity index (χ1n) is 15.7. The van der Waals surface area contributed by atoms with Crippen molar-refractivity contribution in [1.29, 1.82) is 5.41 Å². The van der Waals surface area contributed by atoms with Gasteiger partial charge in [-0.1, -0.05) is 123 Å². The van der Waals surface area contributed by atoms with E-state index in [2.05, 4.69) is 123 Å². The van der Waals surface area contributed by atoms with Crippen LogP contribution in [0, 0.1) is 19.3 Å². The molecular formula is C44H41N3. The number of nitrogens with zero attached hydrogens (tertiary/aromatic N) is 1. The maximum atomic E-state index is 8.47. The van der Waals surface area contributed by atoms with E-state index in [9.17, 15) is 0 Å². The van der Waals surface area contributed by atoms with Gasteiger partial charge < -0.3 is 15.7 Å². The van der Waals surface area contributed by atoms with Crippen LogP contribution in [0.25, 0.3) is 51.0 Å². The summed E-state index contributed by atoms with van der Waals surface area (Å²) >= 11 is 0. The van der Waals surface area contributed by atoms with E-state index in [1.54, 1.807) is 18.2 Å². The third-order valence-electron chi connectivity index (χ3n) is 8.50. The zero-order chi connectivity index (χ0) is 33.3. The molecule has 1 aromatic heterocycles. The predicted molar refractivity (Wildman–Crippen MR) is 205 cm³/mol. The first-order valence-corrected chi connectivity index (χ1v) is 15.7. The first-order chi connectivity index (χ1) is 22.9. The van der Waals surface area contributed by atoms with E-state index in [-0.39, 0.29) is 0 Å². The van der Waals surface area contributed by atoms with E-state index in [4.69, 9.17) is 11.1 Å². The Hall–Kier alpha value is -5.93. The van der Waals surface area contributed by atoms with Crippen molar-refractivity contribution in [1.82, 2.24) is 4.57 Å². The molecule has 0 spiro atoms. The zero-order valence-corrected chi connectivity index (χ0v) is 27.2. The van der Waals surface area contributed by atoms with Crippen LogP contribution in [0.5, 0.6) is 0 Å². The fourth-order valence-corrected chi connectivity index (χ4v) is 5.95. The number of benzene rings is 4. The summed E-state index contributed by atoms with van der Waals surface area (Å²) in [6.45, 7) is 16.5. The van der Waals surface area contributed by atoms with Gasteiger partial charge in [0.05, 0.1) is 17.1 Å². The van der Waals surface area contributed by atoms with E-state index >= 15 is 0 Å². The summed E-state index contributed by atoms with van der Waals surface area (Å²) in [5.74, 6) is 0. The molecule has 5 rings (SSSR count). The normalized spacial score (nSPS) is 12.0. The number of nitrogens with two attached hydrogens (primary N) is 1. The molecule has 0 fully saturated rings. The maximum Gasteiger partial charge on any atom is 0.0612 e. The molecule has 0 radical (unpaired) electrons. The number of fused-ring (bicyclic) bond motifs is 1. The topological polar surface area (TPSA) is 54.8 Å². The Balaban J connectivity index is 1.74. The van der Waals surface area contributed by atoms with Crippen LogP contribution in [0.15, 0.2) is 159 Å². The third kappa shape index (κ3) is 6.85. The minimum Gasteiger partial charge on any atom is -0.405 e. The molecule has 3 heteroatoms. The van der Waals surface area contributed by atoms with Gasteiger partial charge in [-0.2, -0.15) is 0 Å². The zero-order valence-electron chi connectivity index (χ0n) is 27.2. The second-order valence-corrected chi connectivity index (χ2v) is 11.4. The van der Waals surface area contributed by atoms with Gasteiger partial charge in [0.2, 0.25) is 0 Å². The molecule has 1 heterocycles. The Kier molecular flexibility index (Phi) is 10.3. The van der Waals surface area contributed by atoms with Crippen LogP contribution in [0.3, 0.4) is 0 Å². The number of rotatable bonds is 12. The first kappa shape index (κ1) is 32.5. The Bertz CT molecular complexity index is 2100. The van der Waals surface area contributed by atoms with Crippen LogP contribution >= 0.6 is 0 Å². The molecule has 3 N–H and O–H groups in total. The minimum absolute atomic E-state index is 0.442. The van der Waals surface area contributed by atoms with Crippen LogP contribution in [-0.2, 0) is 0 Å². The lowest BCUT2D eigenvalue weighted by Gasteiger charge is -2.18. The van der Waals surface area contributed by atoms with Crippen molar-refractivity contribution < 1.29 is 0 Å². The van der Waals surface area contributed by atoms with Crippen molar-refractivity contribution in [2.75, 3.05) is 0 Å². The largest absolute Gasteiger partial charge is 0.405 e. The molecule has 0 unspecified atom stereocenters. The van der Waals surface area contributed by atoms with Crippen molar-refractivity contribution >= 4 is 28.6 Å². The molecule has 3 nitrogen and oxygen atoms in total. The Morgan fingerprint density at radius 2 is 1.60 bits per heavy atom. The summed E-state index contributed by atoms with van der Waals surface area (Å²) in [4.78, 5) is 0. The smallest absolute Gasteiger partial charge is 0.0612 e. The van der Waals surface area contributed by atoms with Crippen molar-refractivity contribution in [3.63, 3.8) is 0 Å². The van der Waals surface area contributed by atoms with Gasteiger partial charge in [0.15, 0.2) is 0 Å². The SMILES string of the molecule is C=C/C=C\C(=N)c1cccc(-c2ccc(-c3c(C)c(C)c(/C=C(\C=C)C/C=C\C=C/N)n3-c3cccc4ccccc34)c(C=C)c2)c1. The maximum absolute atomic E-state index is 8.47. The molecule has 0 aliphatic heterocycles. The monoisotopic (exact) mass is 611 g/mol. The number of hydrogen-bond donors (Lipinski definition) is 2. The third-order valence-corrected chi connectivity index (χ3v) is 8.50. The van der Waals surface area contributed by atoms with Gasteiger partial charge in [0.25, 0.3) is 0 Å². The van der Waals surface area contributed by atoms with Gasteiger partial charge in [-0.25, -0.2) is 0 Å². The van der Waals surface area contributed by atoms with Gasteiger partial charge in [0.1, 0.15) is 0 Å². The fourth-order valence-electron chi connectivity index (χ4n) is 5.95. The Labute approximate surface area is 278 Å². The highest BCUT2D eigenvalue weighted by molar-refractivity contribution is 6.07. The Morgan fingerprint density at radius 3 is 2.36 bits per heavy atom. The highest BCUT2D eigenvalue weighted by atomic mass is 15.0. The molecule has 47 heavy (non-hydrogen) atoms. The van der Waals surface area contributed by atoms with Crippen LogP contribution in [0.1, 0.15) is 34.4 Å². The molecule has 0 saturated carbocycles. The van der Waals surface area contributed by atoms with Crippen LogP contribution in [-0.4, -0.2) is 10.3 Å². The number of hydrogen-bond acceptors (Lipinski definition) is 2. The molecule has 232 valence electrons. The molecular weight excluding hydrogens is 571 g/mol. The highest BCUT2D eigenvalue weighted by Gasteiger charge is 2.22. The van der Waals surface area contributed by atoms with Crippen molar-refractivity contribution in [3.05, 3.63) is 187 Å². The highest BCUT2D eigenvalue weighted by Crippen LogP contribution is 2.40. The number of allylic oxidation sites excluding steroid dienone is 8. The van der Waals surface area contributed by atoms with Gasteiger partial charge in [-0.05, 0) is 107 Å². The molecule has 0 aliphatic rings. The quantitative estimate of drug-likeness (QED) is 0.107. The second kappa shape index (κ2) is 14.9. The van der Waals surface area contributed by atoms with Gasteiger partial charge in [0, 0.05) is 16.6 Å². The van der Waals surface area contributed by atoms with Gasteiger partial charge >= 0.3 is 0 Å². The van der Waals surface area contributed by atoms with Crippen molar-refractivity contribution in [2.45, 2.75) is 20.3 Å². The van der Waals surface area contributed by atoms with Crippen molar-refractivity contribution in [3.8, 4) is 28.1 Å². The summed E-state index contributed by atoms with van der Waals surface area (Å²) in [6.07, 6.45) is 19.5. The van der Waals surface area contributed by atoms with E-state index in [1.807, 2.05) is 36.4 Å².